The standard InChI is InChI=1S/C20H15Cl2FN2O3/c21-12-1-6-15(16(22)11-12)17-18(24-7-9-28-10-8-24)20(27)25(19(17)26)14-4-2-13(23)3-5-14/h1-6,11H,7-10H2. The summed E-state index contributed by atoms with van der Waals surface area (Å²) in [5, 5.41) is 0.699. The Kier molecular flexibility index (Phi) is 5.10. The average Bonchev–Trinajstić information content (AvgIpc) is 2.94. The zero-order chi connectivity index (χ0) is 19.8. The van der Waals surface area contributed by atoms with E-state index in [0.717, 1.165) is 4.90 Å². The summed E-state index contributed by atoms with van der Waals surface area (Å²) in [6, 6.07) is 9.98. The second-order valence-electron chi connectivity index (χ2n) is 6.37. The molecule has 0 saturated carbocycles. The van der Waals surface area contributed by atoms with Crippen LogP contribution in [0.3, 0.4) is 0 Å². The molecule has 0 radical (unpaired) electrons. The molecule has 0 atom stereocenters. The Morgan fingerprint density at radius 2 is 1.61 bits per heavy atom. The van der Waals surface area contributed by atoms with Crippen LogP contribution in [0.4, 0.5) is 10.1 Å². The van der Waals surface area contributed by atoms with Gasteiger partial charge in [0.1, 0.15) is 11.5 Å². The second-order valence-corrected chi connectivity index (χ2v) is 7.21. The van der Waals surface area contributed by atoms with E-state index >= 15 is 0 Å². The van der Waals surface area contributed by atoms with Gasteiger partial charge in [-0.25, -0.2) is 9.29 Å². The van der Waals surface area contributed by atoms with E-state index in [4.69, 9.17) is 27.9 Å². The van der Waals surface area contributed by atoms with Crippen molar-refractivity contribution >= 4 is 46.3 Å². The number of carbonyl (C=O) groups excluding carboxylic acids is 2. The molecule has 2 aromatic carbocycles. The summed E-state index contributed by atoms with van der Waals surface area (Å²) in [5.41, 5.74) is 1.19. The molecule has 4 rings (SSSR count). The fourth-order valence-corrected chi connectivity index (χ4v) is 3.86. The van der Waals surface area contributed by atoms with Crippen molar-refractivity contribution in [3.63, 3.8) is 0 Å². The Bertz CT molecular complexity index is 985. The van der Waals surface area contributed by atoms with E-state index in [9.17, 15) is 14.0 Å². The summed E-state index contributed by atoms with van der Waals surface area (Å²) >= 11 is 12.3. The van der Waals surface area contributed by atoms with Crippen LogP contribution >= 0.6 is 23.2 Å². The summed E-state index contributed by atoms with van der Waals surface area (Å²) in [6.07, 6.45) is 0. The van der Waals surface area contributed by atoms with Crippen LogP contribution in [-0.4, -0.2) is 43.0 Å². The van der Waals surface area contributed by atoms with E-state index in [1.54, 1.807) is 12.1 Å². The van der Waals surface area contributed by atoms with Gasteiger partial charge >= 0.3 is 0 Å². The van der Waals surface area contributed by atoms with Crippen molar-refractivity contribution in [1.82, 2.24) is 4.90 Å². The maximum absolute atomic E-state index is 13.3. The maximum atomic E-state index is 13.3. The first-order chi connectivity index (χ1) is 13.5. The predicted octanol–water partition coefficient (Wildman–Crippen LogP) is 3.75. The second kappa shape index (κ2) is 7.54. The minimum atomic E-state index is -0.512. The molecule has 8 heteroatoms. The number of nitrogens with zero attached hydrogens (tertiary/aromatic N) is 2. The highest BCUT2D eigenvalue weighted by atomic mass is 35.5. The zero-order valence-corrected chi connectivity index (χ0v) is 16.1. The van der Waals surface area contributed by atoms with Gasteiger partial charge in [-0.3, -0.25) is 9.59 Å². The fourth-order valence-electron chi connectivity index (χ4n) is 3.36. The molecule has 0 unspecified atom stereocenters. The van der Waals surface area contributed by atoms with E-state index < -0.39 is 17.6 Å². The first-order valence-corrected chi connectivity index (χ1v) is 9.39. The number of imide groups is 1. The van der Waals surface area contributed by atoms with Crippen LogP contribution < -0.4 is 4.90 Å². The monoisotopic (exact) mass is 420 g/mol. The third-order valence-corrected chi connectivity index (χ3v) is 5.22. The predicted molar refractivity (Wildman–Crippen MR) is 105 cm³/mol. The zero-order valence-electron chi connectivity index (χ0n) is 14.6. The number of morpholine rings is 1. The number of hydrogen-bond acceptors (Lipinski definition) is 4. The average molecular weight is 421 g/mol. The van der Waals surface area contributed by atoms with Crippen LogP contribution in [-0.2, 0) is 14.3 Å². The van der Waals surface area contributed by atoms with E-state index in [2.05, 4.69) is 0 Å². The quantitative estimate of drug-likeness (QED) is 0.709. The Morgan fingerprint density at radius 1 is 0.929 bits per heavy atom. The van der Waals surface area contributed by atoms with Crippen molar-refractivity contribution in [3.05, 3.63) is 69.6 Å². The van der Waals surface area contributed by atoms with Crippen molar-refractivity contribution in [2.24, 2.45) is 0 Å². The molecule has 0 N–H and O–H groups in total. The van der Waals surface area contributed by atoms with Gasteiger partial charge in [-0.05, 0) is 36.4 Å². The number of hydrogen-bond donors (Lipinski definition) is 0. The van der Waals surface area contributed by atoms with Gasteiger partial charge in [0.25, 0.3) is 11.8 Å². The van der Waals surface area contributed by atoms with Crippen LogP contribution in [0, 0.1) is 5.82 Å². The Morgan fingerprint density at radius 3 is 2.25 bits per heavy atom. The van der Waals surface area contributed by atoms with E-state index in [1.807, 2.05) is 4.90 Å². The molecular formula is C20H15Cl2FN2O3. The number of amides is 2. The molecule has 2 aromatic rings. The van der Waals surface area contributed by atoms with Crippen molar-refractivity contribution < 1.29 is 18.7 Å². The van der Waals surface area contributed by atoms with Crippen LogP contribution in [0.1, 0.15) is 5.56 Å². The van der Waals surface area contributed by atoms with Crippen molar-refractivity contribution in [2.45, 2.75) is 0 Å². The SMILES string of the molecule is O=C1C(c2ccc(Cl)cc2Cl)=C(N2CCOCC2)C(=O)N1c1ccc(F)cc1. The molecule has 144 valence electrons. The topological polar surface area (TPSA) is 49.9 Å². The largest absolute Gasteiger partial charge is 0.378 e. The highest BCUT2D eigenvalue weighted by molar-refractivity contribution is 6.47. The molecule has 2 amide bonds. The molecule has 1 fully saturated rings. The highest BCUT2D eigenvalue weighted by Gasteiger charge is 2.43. The van der Waals surface area contributed by atoms with Crippen LogP contribution in [0.15, 0.2) is 48.2 Å². The fraction of sp³-hybridized carbons (Fsp3) is 0.200. The lowest BCUT2D eigenvalue weighted by atomic mass is 10.0. The third-order valence-electron chi connectivity index (χ3n) is 4.67. The van der Waals surface area contributed by atoms with Crippen LogP contribution in [0.25, 0.3) is 5.57 Å². The number of halogens is 3. The number of ether oxygens (including phenoxy) is 1. The number of anilines is 1. The van der Waals surface area contributed by atoms with Crippen molar-refractivity contribution in [3.8, 4) is 0 Å². The van der Waals surface area contributed by atoms with Crippen molar-refractivity contribution in [1.29, 1.82) is 0 Å². The molecule has 0 aliphatic carbocycles. The van der Waals surface area contributed by atoms with Gasteiger partial charge in [0.05, 0.1) is 29.5 Å². The normalized spacial score (nSPS) is 17.7. The van der Waals surface area contributed by atoms with E-state index in [0.29, 0.717) is 42.6 Å². The Balaban J connectivity index is 1.85. The van der Waals surface area contributed by atoms with Gasteiger partial charge in [-0.15, -0.1) is 0 Å². The lowest BCUT2D eigenvalue weighted by Gasteiger charge is -2.29. The maximum Gasteiger partial charge on any atom is 0.282 e. The Hall–Kier alpha value is -2.41. The minimum Gasteiger partial charge on any atom is -0.378 e. The minimum absolute atomic E-state index is 0.206. The summed E-state index contributed by atoms with van der Waals surface area (Å²) in [5.74, 6) is -1.44. The molecule has 2 aliphatic rings. The summed E-state index contributed by atoms with van der Waals surface area (Å²) in [4.78, 5) is 29.4. The number of benzene rings is 2. The lowest BCUT2D eigenvalue weighted by Crippen LogP contribution is -2.40. The Labute approximate surface area is 170 Å². The number of rotatable bonds is 3. The van der Waals surface area contributed by atoms with Gasteiger partial charge in [-0.2, -0.15) is 0 Å². The molecule has 0 aromatic heterocycles. The summed E-state index contributed by atoms with van der Waals surface area (Å²) in [7, 11) is 0. The van der Waals surface area contributed by atoms with Crippen LogP contribution in [0.5, 0.6) is 0 Å². The van der Waals surface area contributed by atoms with Gasteiger partial charge < -0.3 is 9.64 Å². The molecule has 2 aliphatic heterocycles. The first kappa shape index (κ1) is 18.9. The van der Waals surface area contributed by atoms with Crippen LogP contribution in [0.2, 0.25) is 10.0 Å². The molecule has 1 saturated heterocycles. The highest BCUT2D eigenvalue weighted by Crippen LogP contribution is 2.38. The third kappa shape index (κ3) is 3.28. The van der Waals surface area contributed by atoms with E-state index in [-0.39, 0.29) is 16.3 Å². The number of carbonyl (C=O) groups is 2. The van der Waals surface area contributed by atoms with Gasteiger partial charge in [0.15, 0.2) is 0 Å². The summed E-state index contributed by atoms with van der Waals surface area (Å²) in [6.45, 7) is 1.84. The van der Waals surface area contributed by atoms with Crippen molar-refractivity contribution in [2.75, 3.05) is 31.2 Å². The smallest absolute Gasteiger partial charge is 0.282 e. The first-order valence-electron chi connectivity index (χ1n) is 8.64. The lowest BCUT2D eigenvalue weighted by molar-refractivity contribution is -0.121. The molecule has 0 spiro atoms. The molecule has 5 nitrogen and oxygen atoms in total. The van der Waals surface area contributed by atoms with Gasteiger partial charge in [-0.1, -0.05) is 29.3 Å². The molecule has 28 heavy (non-hydrogen) atoms. The molecular weight excluding hydrogens is 406 g/mol. The van der Waals surface area contributed by atoms with E-state index in [1.165, 1.54) is 30.3 Å². The summed E-state index contributed by atoms with van der Waals surface area (Å²) < 4.78 is 18.7. The molecule has 2 heterocycles. The van der Waals surface area contributed by atoms with Gasteiger partial charge in [0.2, 0.25) is 0 Å². The van der Waals surface area contributed by atoms with Gasteiger partial charge in [0, 0.05) is 23.7 Å². The molecule has 0 bridgehead atoms.